The van der Waals surface area contributed by atoms with E-state index in [4.69, 9.17) is 14.6 Å². The van der Waals surface area contributed by atoms with Gasteiger partial charge in [-0.15, -0.1) is 0 Å². The van der Waals surface area contributed by atoms with Crippen LogP contribution in [-0.2, 0) is 19.1 Å². The van der Waals surface area contributed by atoms with E-state index in [1.807, 2.05) is 0 Å². The van der Waals surface area contributed by atoms with Gasteiger partial charge in [0, 0.05) is 0 Å². The molecule has 0 aromatic heterocycles. The summed E-state index contributed by atoms with van der Waals surface area (Å²) in [5.74, 6) is -1.96. The average Bonchev–Trinajstić information content (AvgIpc) is 2.68. The van der Waals surface area contributed by atoms with Crippen LogP contribution in [0.15, 0.2) is 0 Å². The predicted molar refractivity (Wildman–Crippen MR) is 61.1 cm³/mol. The van der Waals surface area contributed by atoms with E-state index < -0.39 is 48.9 Å². The van der Waals surface area contributed by atoms with E-state index in [1.165, 1.54) is 0 Å². The lowest BCUT2D eigenvalue weighted by Crippen LogP contribution is -2.45. The van der Waals surface area contributed by atoms with Crippen LogP contribution in [0.5, 0.6) is 0 Å². The maximum absolute atomic E-state index is 11.6. The van der Waals surface area contributed by atoms with Crippen LogP contribution < -0.4 is 0 Å². The van der Waals surface area contributed by atoms with E-state index in [1.54, 1.807) is 0 Å². The second kappa shape index (κ2) is 5.96. The van der Waals surface area contributed by atoms with Gasteiger partial charge in [0.1, 0.15) is 6.10 Å². The van der Waals surface area contributed by atoms with Gasteiger partial charge in [-0.2, -0.15) is 0 Å². The molecule has 3 N–H and O–H groups in total. The Morgan fingerprint density at radius 2 is 2.00 bits per heavy atom. The van der Waals surface area contributed by atoms with Gasteiger partial charge in [-0.25, -0.2) is 4.79 Å². The highest BCUT2D eigenvalue weighted by Gasteiger charge is 2.49. The highest BCUT2D eigenvalue weighted by Crippen LogP contribution is 2.27. The van der Waals surface area contributed by atoms with Crippen LogP contribution >= 0.6 is 0 Å². The van der Waals surface area contributed by atoms with Crippen molar-refractivity contribution in [3.05, 3.63) is 0 Å². The lowest BCUT2D eigenvalue weighted by atomic mass is 9.94. The van der Waals surface area contributed by atoms with E-state index >= 15 is 0 Å². The van der Waals surface area contributed by atoms with Gasteiger partial charge in [0.15, 0.2) is 12.2 Å². The molecule has 5 atom stereocenters. The lowest BCUT2D eigenvalue weighted by molar-refractivity contribution is -0.154. The first kappa shape index (κ1) is 14.4. The summed E-state index contributed by atoms with van der Waals surface area (Å²) in [6.07, 6.45) is -2.17. The smallest absolute Gasteiger partial charge is 0.378 e. The monoisotopic (exact) mass is 274 g/mol. The Morgan fingerprint density at radius 1 is 1.32 bits per heavy atom. The van der Waals surface area contributed by atoms with Crippen molar-refractivity contribution in [3.63, 3.8) is 0 Å². The van der Waals surface area contributed by atoms with Crippen molar-refractivity contribution in [3.8, 4) is 0 Å². The van der Waals surface area contributed by atoms with Crippen molar-refractivity contribution in [2.45, 2.75) is 56.2 Å². The molecule has 0 aromatic rings. The van der Waals surface area contributed by atoms with Gasteiger partial charge in [-0.3, -0.25) is 4.79 Å². The number of carbonyl (C=O) groups is 2. The van der Waals surface area contributed by atoms with Crippen molar-refractivity contribution in [2.24, 2.45) is 0 Å². The number of carbonyl (C=O) groups excluding carboxylic acids is 2. The number of Topliss-reactive ketones (excluding diaryl/α,β-unsaturated/α-hetero) is 1. The number of esters is 1. The third kappa shape index (κ3) is 2.94. The van der Waals surface area contributed by atoms with Crippen LogP contribution in [0.4, 0.5) is 0 Å². The minimum atomic E-state index is -1.37. The van der Waals surface area contributed by atoms with Crippen LogP contribution in [0.1, 0.15) is 25.7 Å². The minimum Gasteiger partial charge on any atom is -0.450 e. The largest absolute Gasteiger partial charge is 0.450 e. The fourth-order valence-corrected chi connectivity index (χ4v) is 2.46. The zero-order chi connectivity index (χ0) is 14.0. The summed E-state index contributed by atoms with van der Waals surface area (Å²) in [6, 6.07) is 0. The molecule has 0 radical (unpaired) electrons. The number of ether oxygens (including phenoxy) is 2. The molecular weight excluding hydrogens is 256 g/mol. The number of hydrogen-bond donors (Lipinski definition) is 3. The molecule has 0 aromatic carbocycles. The van der Waals surface area contributed by atoms with Crippen molar-refractivity contribution in [1.29, 1.82) is 0 Å². The normalized spacial score (nSPS) is 37.2. The zero-order valence-electron chi connectivity index (χ0n) is 10.4. The molecule has 108 valence electrons. The first-order valence-electron chi connectivity index (χ1n) is 6.42. The summed E-state index contributed by atoms with van der Waals surface area (Å²) in [5.41, 5.74) is 0. The van der Waals surface area contributed by atoms with Crippen molar-refractivity contribution >= 4 is 11.8 Å². The Morgan fingerprint density at radius 3 is 2.63 bits per heavy atom. The highest BCUT2D eigenvalue weighted by molar-refractivity contribution is 6.37. The zero-order valence-corrected chi connectivity index (χ0v) is 10.4. The standard InChI is InChI=1S/C12H18O7/c13-5-7(15)10-11(9(16)12(17)19-10)18-8-4-2-1-3-6(8)14/h6-8,10-11,13-15H,1-5H2. The van der Waals surface area contributed by atoms with E-state index in [9.17, 15) is 19.8 Å². The van der Waals surface area contributed by atoms with Crippen molar-refractivity contribution in [1.82, 2.24) is 0 Å². The maximum Gasteiger partial charge on any atom is 0.378 e. The SMILES string of the molecule is O=C1OC(C(O)CO)C(OC2CCCCC2O)C1=O. The number of cyclic esters (lactones) is 1. The number of ketones is 1. The maximum atomic E-state index is 11.6. The fourth-order valence-electron chi connectivity index (χ4n) is 2.46. The third-order valence-corrected chi connectivity index (χ3v) is 3.56. The Bertz CT molecular complexity index is 356. The lowest BCUT2D eigenvalue weighted by Gasteiger charge is -2.31. The molecule has 2 fully saturated rings. The van der Waals surface area contributed by atoms with Gasteiger partial charge in [0.25, 0.3) is 5.78 Å². The molecule has 0 spiro atoms. The highest BCUT2D eigenvalue weighted by atomic mass is 16.6. The first-order chi connectivity index (χ1) is 9.04. The van der Waals surface area contributed by atoms with Gasteiger partial charge in [-0.1, -0.05) is 12.8 Å². The summed E-state index contributed by atoms with van der Waals surface area (Å²) in [6.45, 7) is -0.641. The van der Waals surface area contributed by atoms with Crippen LogP contribution in [0.3, 0.4) is 0 Å². The van der Waals surface area contributed by atoms with Crippen LogP contribution in [0, 0.1) is 0 Å². The molecule has 1 aliphatic carbocycles. The molecule has 5 unspecified atom stereocenters. The quantitative estimate of drug-likeness (QED) is 0.423. The van der Waals surface area contributed by atoms with E-state index in [2.05, 4.69) is 0 Å². The Balaban J connectivity index is 2.06. The number of aliphatic hydroxyl groups excluding tert-OH is 3. The molecule has 1 saturated heterocycles. The van der Waals surface area contributed by atoms with Crippen molar-refractivity contribution in [2.75, 3.05) is 6.61 Å². The van der Waals surface area contributed by atoms with Crippen LogP contribution in [0.2, 0.25) is 0 Å². The molecule has 2 aliphatic rings. The van der Waals surface area contributed by atoms with Gasteiger partial charge < -0.3 is 24.8 Å². The van der Waals surface area contributed by atoms with E-state index in [-0.39, 0.29) is 0 Å². The molecule has 2 rings (SSSR count). The second-order valence-electron chi connectivity index (χ2n) is 4.93. The number of aliphatic hydroxyl groups is 3. The predicted octanol–water partition coefficient (Wildman–Crippen LogP) is -1.48. The summed E-state index contributed by atoms with van der Waals surface area (Å²) in [4.78, 5) is 22.9. The molecule has 19 heavy (non-hydrogen) atoms. The molecule has 0 bridgehead atoms. The summed E-state index contributed by atoms with van der Waals surface area (Å²) >= 11 is 0. The molecule has 1 saturated carbocycles. The molecular formula is C12H18O7. The Hall–Kier alpha value is -1.02. The van der Waals surface area contributed by atoms with E-state index in [0.717, 1.165) is 12.8 Å². The van der Waals surface area contributed by atoms with E-state index in [0.29, 0.717) is 12.8 Å². The van der Waals surface area contributed by atoms with Crippen molar-refractivity contribution < 1.29 is 34.4 Å². The van der Waals surface area contributed by atoms with Crippen LogP contribution in [-0.4, -0.2) is 64.2 Å². The molecule has 1 heterocycles. The number of hydrogen-bond acceptors (Lipinski definition) is 7. The average molecular weight is 274 g/mol. The van der Waals surface area contributed by atoms with Crippen LogP contribution in [0.25, 0.3) is 0 Å². The molecule has 0 amide bonds. The van der Waals surface area contributed by atoms with Gasteiger partial charge >= 0.3 is 5.97 Å². The summed E-state index contributed by atoms with van der Waals surface area (Å²) in [7, 11) is 0. The topological polar surface area (TPSA) is 113 Å². The second-order valence-corrected chi connectivity index (χ2v) is 4.93. The summed E-state index contributed by atoms with van der Waals surface area (Å²) in [5, 5.41) is 28.2. The Labute approximate surface area is 110 Å². The minimum absolute atomic E-state index is 0.550. The van der Waals surface area contributed by atoms with Gasteiger partial charge in [-0.05, 0) is 12.8 Å². The molecule has 1 aliphatic heterocycles. The third-order valence-electron chi connectivity index (χ3n) is 3.56. The molecule has 7 nitrogen and oxygen atoms in total. The first-order valence-corrected chi connectivity index (χ1v) is 6.42. The van der Waals surface area contributed by atoms with Gasteiger partial charge in [0.05, 0.1) is 18.8 Å². The molecule has 7 heteroatoms. The summed E-state index contributed by atoms with van der Waals surface area (Å²) < 4.78 is 10.2. The van der Waals surface area contributed by atoms with Gasteiger partial charge in [0.2, 0.25) is 0 Å². The fraction of sp³-hybridized carbons (Fsp3) is 0.833. The Kier molecular flexibility index (Phi) is 4.51. The number of rotatable bonds is 4.